The summed E-state index contributed by atoms with van der Waals surface area (Å²) in [5, 5.41) is 3.02. The molecule has 0 aromatic rings. The third kappa shape index (κ3) is 2.81. The van der Waals surface area contributed by atoms with Crippen molar-refractivity contribution in [3.8, 4) is 0 Å². The zero-order valence-electron chi connectivity index (χ0n) is 12.6. The molecule has 0 radical (unpaired) electrons. The average molecular weight is 311 g/mol. The van der Waals surface area contributed by atoms with Crippen LogP contribution in [0.5, 0.6) is 0 Å². The van der Waals surface area contributed by atoms with Gasteiger partial charge in [0, 0.05) is 19.1 Å². The number of hydrogen-bond acceptors (Lipinski definition) is 4. The fraction of sp³-hybridized carbons (Fsp3) is 0.867. The predicted octanol–water partition coefficient (Wildman–Crippen LogP) is 0.668. The molecule has 3 N–H and O–H groups in total. The first-order valence-electron chi connectivity index (χ1n) is 7.95. The fourth-order valence-electron chi connectivity index (χ4n) is 4.01. The highest BCUT2D eigenvalue weighted by molar-refractivity contribution is 7.80. The van der Waals surface area contributed by atoms with Crippen LogP contribution in [0.3, 0.4) is 0 Å². The van der Waals surface area contributed by atoms with Crippen molar-refractivity contribution in [2.75, 3.05) is 26.2 Å². The van der Waals surface area contributed by atoms with E-state index in [1.165, 1.54) is 12.8 Å². The molecule has 2 saturated heterocycles. The third-order valence-corrected chi connectivity index (χ3v) is 5.64. The van der Waals surface area contributed by atoms with Crippen molar-refractivity contribution in [3.05, 3.63) is 0 Å². The summed E-state index contributed by atoms with van der Waals surface area (Å²) in [4.78, 5) is 15.3. The van der Waals surface area contributed by atoms with Crippen LogP contribution in [0, 0.1) is 11.3 Å². The molecular weight excluding hydrogens is 286 g/mol. The molecule has 0 aromatic heterocycles. The van der Waals surface area contributed by atoms with Crippen molar-refractivity contribution < 1.29 is 9.53 Å². The Bertz CT molecular complexity index is 437. The Kier molecular flexibility index (Phi) is 4.21. The van der Waals surface area contributed by atoms with Gasteiger partial charge in [0.1, 0.15) is 0 Å². The zero-order valence-corrected chi connectivity index (χ0v) is 13.5. The minimum absolute atomic E-state index is 0.0137. The first kappa shape index (κ1) is 15.2. The number of amides is 1. The summed E-state index contributed by atoms with van der Waals surface area (Å²) in [6.07, 6.45) is 4.13. The van der Waals surface area contributed by atoms with Gasteiger partial charge in [-0.2, -0.15) is 0 Å². The maximum Gasteiger partial charge on any atom is 0.233 e. The number of thiocarbonyl (C=S) groups is 1. The Labute approximate surface area is 131 Å². The van der Waals surface area contributed by atoms with Gasteiger partial charge in [0.25, 0.3) is 0 Å². The average Bonchev–Trinajstić information content (AvgIpc) is 2.88. The molecule has 3 fully saturated rings. The summed E-state index contributed by atoms with van der Waals surface area (Å²) in [6.45, 7) is 5.55. The zero-order chi connectivity index (χ0) is 15.0. The van der Waals surface area contributed by atoms with Gasteiger partial charge < -0.3 is 15.8 Å². The van der Waals surface area contributed by atoms with E-state index in [0.29, 0.717) is 23.5 Å². The van der Waals surface area contributed by atoms with E-state index in [1.807, 2.05) is 0 Å². The summed E-state index contributed by atoms with van der Waals surface area (Å²) >= 11 is 5.12. The van der Waals surface area contributed by atoms with Gasteiger partial charge in [-0.1, -0.05) is 19.1 Å². The highest BCUT2D eigenvalue weighted by atomic mass is 32.1. The lowest BCUT2D eigenvalue weighted by molar-refractivity contribution is -0.134. The number of fused-ring (bicyclic) bond motifs is 1. The molecule has 3 aliphatic rings. The maximum atomic E-state index is 12.5. The van der Waals surface area contributed by atoms with Crippen molar-refractivity contribution in [1.82, 2.24) is 10.2 Å². The summed E-state index contributed by atoms with van der Waals surface area (Å²) in [6, 6.07) is 0.590. The topological polar surface area (TPSA) is 67.6 Å². The monoisotopic (exact) mass is 311 g/mol. The van der Waals surface area contributed by atoms with Crippen LogP contribution in [0.1, 0.15) is 32.6 Å². The molecule has 2 atom stereocenters. The lowest BCUT2D eigenvalue weighted by atomic mass is 9.62. The molecule has 21 heavy (non-hydrogen) atoms. The van der Waals surface area contributed by atoms with E-state index in [4.69, 9.17) is 22.7 Å². The molecule has 0 spiro atoms. The molecule has 0 bridgehead atoms. The summed E-state index contributed by atoms with van der Waals surface area (Å²) in [5.41, 5.74) is 5.19. The molecular formula is C15H25N3O2S. The van der Waals surface area contributed by atoms with E-state index in [2.05, 4.69) is 17.1 Å². The Morgan fingerprint density at radius 1 is 1.52 bits per heavy atom. The lowest BCUT2D eigenvalue weighted by Gasteiger charge is -2.44. The molecule has 118 valence electrons. The molecule has 2 aliphatic heterocycles. The number of morpholine rings is 1. The predicted molar refractivity (Wildman–Crippen MR) is 85.0 cm³/mol. The van der Waals surface area contributed by atoms with Crippen LogP contribution in [0.15, 0.2) is 0 Å². The second-order valence-corrected chi connectivity index (χ2v) is 7.36. The van der Waals surface area contributed by atoms with Crippen molar-refractivity contribution in [3.63, 3.8) is 0 Å². The van der Waals surface area contributed by atoms with Crippen LogP contribution < -0.4 is 11.1 Å². The van der Waals surface area contributed by atoms with Gasteiger partial charge in [0.15, 0.2) is 0 Å². The fourth-order valence-corrected chi connectivity index (χ4v) is 4.27. The van der Waals surface area contributed by atoms with E-state index in [9.17, 15) is 4.79 Å². The van der Waals surface area contributed by atoms with Crippen LogP contribution in [-0.4, -0.2) is 54.2 Å². The number of carbonyl (C=O) groups excluding carboxylic acids is 1. The molecule has 0 aromatic carbocycles. The second kappa shape index (κ2) is 5.82. The van der Waals surface area contributed by atoms with Gasteiger partial charge in [-0.05, 0) is 38.1 Å². The number of nitrogens with zero attached hydrogens (tertiary/aromatic N) is 1. The smallest absolute Gasteiger partial charge is 0.233 e. The molecule has 1 saturated carbocycles. The van der Waals surface area contributed by atoms with Gasteiger partial charge in [0.05, 0.1) is 23.1 Å². The highest BCUT2D eigenvalue weighted by Crippen LogP contribution is 2.45. The molecule has 1 aliphatic carbocycles. The van der Waals surface area contributed by atoms with Crippen LogP contribution in [-0.2, 0) is 9.53 Å². The third-order valence-electron chi connectivity index (χ3n) is 5.25. The van der Waals surface area contributed by atoms with E-state index < -0.39 is 5.41 Å². The molecule has 5 nitrogen and oxygen atoms in total. The van der Waals surface area contributed by atoms with Gasteiger partial charge in [0.2, 0.25) is 5.91 Å². The van der Waals surface area contributed by atoms with Crippen LogP contribution >= 0.6 is 12.2 Å². The second-order valence-electron chi connectivity index (χ2n) is 6.92. The number of hydrogen-bond donors (Lipinski definition) is 2. The lowest BCUT2D eigenvalue weighted by Crippen LogP contribution is -2.58. The van der Waals surface area contributed by atoms with Crippen LogP contribution in [0.4, 0.5) is 0 Å². The minimum Gasteiger partial charge on any atom is -0.392 e. The molecule has 3 rings (SSSR count). The molecule has 1 amide bonds. The van der Waals surface area contributed by atoms with E-state index in [-0.39, 0.29) is 12.0 Å². The van der Waals surface area contributed by atoms with E-state index >= 15 is 0 Å². The van der Waals surface area contributed by atoms with Gasteiger partial charge in [-0.3, -0.25) is 9.69 Å². The number of ether oxygens (including phenoxy) is 1. The summed E-state index contributed by atoms with van der Waals surface area (Å²) in [5.74, 6) is 0.508. The Hall–Kier alpha value is -0.720. The number of rotatable bonds is 4. The van der Waals surface area contributed by atoms with E-state index in [1.54, 1.807) is 0 Å². The normalized spacial score (nSPS) is 39.4. The summed E-state index contributed by atoms with van der Waals surface area (Å²) < 4.78 is 5.87. The standard InChI is InChI=1S/C15H25N3O2S/c1-10-5-15(6-10,13(16)21)14(19)17-7-12-8-18-4-2-3-11(18)9-20-12/h10-12H,2-9H2,1H3,(H2,16,21)(H,17,19). The van der Waals surface area contributed by atoms with Crippen LogP contribution in [0.2, 0.25) is 0 Å². The Morgan fingerprint density at radius 2 is 2.29 bits per heavy atom. The number of nitrogens with two attached hydrogens (primary N) is 1. The van der Waals surface area contributed by atoms with Gasteiger partial charge >= 0.3 is 0 Å². The van der Waals surface area contributed by atoms with Gasteiger partial charge in [-0.25, -0.2) is 0 Å². The van der Waals surface area contributed by atoms with Crippen LogP contribution in [0.25, 0.3) is 0 Å². The van der Waals surface area contributed by atoms with Crippen molar-refractivity contribution in [2.45, 2.75) is 44.8 Å². The highest BCUT2D eigenvalue weighted by Gasteiger charge is 2.50. The number of carbonyl (C=O) groups is 1. The Morgan fingerprint density at radius 3 is 2.95 bits per heavy atom. The Balaban J connectivity index is 1.50. The SMILES string of the molecule is CC1CC(C(=O)NCC2CN3CCCC3CO2)(C(N)=S)C1. The van der Waals surface area contributed by atoms with Crippen molar-refractivity contribution >= 4 is 23.1 Å². The van der Waals surface area contributed by atoms with Crippen molar-refractivity contribution in [1.29, 1.82) is 0 Å². The number of nitrogens with one attached hydrogen (secondary N) is 1. The minimum atomic E-state index is -0.612. The summed E-state index contributed by atoms with van der Waals surface area (Å²) in [7, 11) is 0. The molecule has 6 heteroatoms. The quantitative estimate of drug-likeness (QED) is 0.747. The first-order chi connectivity index (χ1) is 10.0. The first-order valence-corrected chi connectivity index (χ1v) is 8.36. The molecule has 2 unspecified atom stereocenters. The van der Waals surface area contributed by atoms with E-state index in [0.717, 1.165) is 32.5 Å². The molecule has 2 heterocycles. The van der Waals surface area contributed by atoms with Gasteiger partial charge in [-0.15, -0.1) is 0 Å². The maximum absolute atomic E-state index is 12.5. The van der Waals surface area contributed by atoms with Crippen molar-refractivity contribution in [2.24, 2.45) is 17.1 Å². The largest absolute Gasteiger partial charge is 0.392 e.